The number of likely N-dealkylation sites (N-methyl/N-ethyl adjacent to an activating group) is 1. The molecule has 1 saturated heterocycles. The summed E-state index contributed by atoms with van der Waals surface area (Å²) in [6, 6.07) is 13.6. The van der Waals surface area contributed by atoms with E-state index in [0.29, 0.717) is 57.2 Å². The highest BCUT2D eigenvalue weighted by atomic mass is 35.5. The zero-order chi connectivity index (χ0) is 25.5. The molecule has 37 heavy (non-hydrogen) atoms. The number of pyridine rings is 1. The van der Waals surface area contributed by atoms with Crippen LogP contribution < -0.4 is 5.43 Å². The lowest BCUT2D eigenvalue weighted by atomic mass is 10.0. The van der Waals surface area contributed by atoms with E-state index in [0.717, 1.165) is 18.7 Å². The molecule has 0 amide bonds. The Morgan fingerprint density at radius 1 is 1.14 bits per heavy atom. The van der Waals surface area contributed by atoms with Gasteiger partial charge in [0.1, 0.15) is 12.0 Å². The van der Waals surface area contributed by atoms with Gasteiger partial charge in [0.15, 0.2) is 5.43 Å². The summed E-state index contributed by atoms with van der Waals surface area (Å²) >= 11 is 12.9. The predicted molar refractivity (Wildman–Crippen MR) is 148 cm³/mol. The molecule has 6 nitrogen and oxygen atoms in total. The number of aromatic nitrogens is 2. The van der Waals surface area contributed by atoms with Gasteiger partial charge in [0.05, 0.1) is 21.8 Å². The first-order chi connectivity index (χ1) is 18.0. The van der Waals surface area contributed by atoms with Gasteiger partial charge in [-0.05, 0) is 56.3 Å². The van der Waals surface area contributed by atoms with E-state index in [-0.39, 0.29) is 5.43 Å². The zero-order valence-electron chi connectivity index (χ0n) is 20.4. The third-order valence-corrected chi connectivity index (χ3v) is 7.93. The number of oxazole rings is 1. The molecule has 1 fully saturated rings. The highest BCUT2D eigenvalue weighted by Gasteiger charge is 2.27. The van der Waals surface area contributed by atoms with Crippen LogP contribution in [0.25, 0.3) is 28.2 Å². The van der Waals surface area contributed by atoms with Gasteiger partial charge in [-0.15, -0.1) is 0 Å². The maximum Gasteiger partial charge on any atom is 0.243 e. The van der Waals surface area contributed by atoms with Crippen molar-refractivity contribution in [2.75, 3.05) is 20.1 Å². The fourth-order valence-electron chi connectivity index (χ4n) is 5.46. The quantitative estimate of drug-likeness (QED) is 0.301. The van der Waals surface area contributed by atoms with Crippen LogP contribution in [0.2, 0.25) is 10.0 Å². The van der Waals surface area contributed by atoms with E-state index in [4.69, 9.17) is 27.6 Å². The number of fused-ring (bicyclic) bond motifs is 1. The van der Waals surface area contributed by atoms with Crippen LogP contribution in [0.15, 0.2) is 88.1 Å². The number of nitrogens with zero attached hydrogens (tertiary/aromatic N) is 4. The van der Waals surface area contributed by atoms with Crippen molar-refractivity contribution in [2.45, 2.75) is 25.4 Å². The van der Waals surface area contributed by atoms with E-state index in [2.05, 4.69) is 40.2 Å². The monoisotopic (exact) mass is 532 g/mol. The van der Waals surface area contributed by atoms with Gasteiger partial charge >= 0.3 is 0 Å². The van der Waals surface area contributed by atoms with Crippen molar-refractivity contribution in [3.05, 3.63) is 105 Å². The van der Waals surface area contributed by atoms with E-state index >= 15 is 0 Å². The molecule has 0 bridgehead atoms. The van der Waals surface area contributed by atoms with Crippen LogP contribution in [0, 0.1) is 0 Å². The van der Waals surface area contributed by atoms with Crippen molar-refractivity contribution in [1.29, 1.82) is 0 Å². The molecule has 1 unspecified atom stereocenters. The Labute approximate surface area is 225 Å². The first-order valence-electron chi connectivity index (χ1n) is 12.4. The Kier molecular flexibility index (Phi) is 6.41. The number of benzene rings is 2. The van der Waals surface area contributed by atoms with Crippen molar-refractivity contribution in [3.63, 3.8) is 0 Å². The maximum atomic E-state index is 14.1. The van der Waals surface area contributed by atoms with Crippen LogP contribution in [-0.2, 0) is 6.54 Å². The molecular formula is C29H26Cl2N4O2. The SMILES string of the molecule is CN1CCCC1C1=CN(Cc2c(-c3ncco3)n(-c3ccccc3)c3cc(Cl)c(Cl)cc3c2=O)CC=C1. The Balaban J connectivity index is 1.58. The summed E-state index contributed by atoms with van der Waals surface area (Å²) in [5.74, 6) is 0.371. The number of hydrogen-bond acceptors (Lipinski definition) is 5. The van der Waals surface area contributed by atoms with E-state index in [1.54, 1.807) is 18.3 Å². The normalized spacial score (nSPS) is 18.1. The molecule has 2 aliphatic rings. The van der Waals surface area contributed by atoms with Crippen molar-refractivity contribution in [3.8, 4) is 17.3 Å². The Hall–Kier alpha value is -3.32. The number of halogens is 2. The first kappa shape index (κ1) is 24.0. The lowest BCUT2D eigenvalue weighted by molar-refractivity contribution is 0.334. The van der Waals surface area contributed by atoms with E-state index in [9.17, 15) is 4.79 Å². The number of para-hydroxylation sites is 1. The molecule has 0 radical (unpaired) electrons. The lowest BCUT2D eigenvalue weighted by Gasteiger charge is -2.29. The molecule has 188 valence electrons. The molecule has 0 saturated carbocycles. The van der Waals surface area contributed by atoms with Gasteiger partial charge in [0, 0.05) is 42.0 Å². The molecular weight excluding hydrogens is 507 g/mol. The molecule has 4 heterocycles. The van der Waals surface area contributed by atoms with Crippen LogP contribution in [-0.4, -0.2) is 45.5 Å². The summed E-state index contributed by atoms with van der Waals surface area (Å²) in [5, 5.41) is 1.21. The van der Waals surface area contributed by atoms with Crippen LogP contribution in [0.1, 0.15) is 18.4 Å². The molecule has 1 atom stereocenters. The Morgan fingerprint density at radius 2 is 1.95 bits per heavy atom. The lowest BCUT2D eigenvalue weighted by Crippen LogP contribution is -2.31. The topological polar surface area (TPSA) is 54.5 Å². The number of rotatable bonds is 5. The summed E-state index contributed by atoms with van der Waals surface area (Å²) in [6.07, 6.45) is 12.0. The molecule has 6 rings (SSSR count). The maximum absolute atomic E-state index is 14.1. The average molecular weight is 533 g/mol. The fourth-order valence-corrected chi connectivity index (χ4v) is 5.78. The van der Waals surface area contributed by atoms with Crippen LogP contribution in [0.3, 0.4) is 0 Å². The van der Waals surface area contributed by atoms with E-state index < -0.39 is 0 Å². The smallest absolute Gasteiger partial charge is 0.243 e. The largest absolute Gasteiger partial charge is 0.443 e. The first-order valence-corrected chi connectivity index (χ1v) is 13.1. The van der Waals surface area contributed by atoms with E-state index in [1.807, 2.05) is 34.9 Å². The number of likely N-dealkylation sites (tertiary alicyclic amines) is 1. The summed E-state index contributed by atoms with van der Waals surface area (Å²) in [5.41, 5.74) is 3.85. The molecule has 2 aliphatic heterocycles. The Morgan fingerprint density at radius 3 is 2.68 bits per heavy atom. The summed E-state index contributed by atoms with van der Waals surface area (Å²) < 4.78 is 7.80. The van der Waals surface area contributed by atoms with Gasteiger partial charge in [0.25, 0.3) is 0 Å². The summed E-state index contributed by atoms with van der Waals surface area (Å²) in [6.45, 7) is 2.19. The molecule has 0 spiro atoms. The van der Waals surface area contributed by atoms with Gasteiger partial charge in [-0.1, -0.05) is 53.6 Å². The molecule has 0 aliphatic carbocycles. The zero-order valence-corrected chi connectivity index (χ0v) is 21.9. The molecule has 8 heteroatoms. The van der Waals surface area contributed by atoms with Crippen molar-refractivity contribution >= 4 is 34.1 Å². The van der Waals surface area contributed by atoms with Crippen LogP contribution in [0.5, 0.6) is 0 Å². The molecule has 4 aromatic rings. The minimum Gasteiger partial charge on any atom is -0.443 e. The van der Waals surface area contributed by atoms with Crippen molar-refractivity contribution in [1.82, 2.24) is 19.4 Å². The second-order valence-corrected chi connectivity index (χ2v) is 10.4. The van der Waals surface area contributed by atoms with E-state index in [1.165, 1.54) is 18.3 Å². The standard InChI is InChI=1S/C29H26Cl2N4O2/c1-33-12-6-10-25(33)19-7-5-13-34(17-19)18-22-27(29-32-11-14-37-29)35(20-8-3-2-4-9-20)26-16-24(31)23(30)15-21(26)28(22)36/h2-5,7-9,11,14-17,25H,6,10,12-13,18H2,1H3. The molecule has 2 aromatic carbocycles. The molecule has 2 aromatic heterocycles. The Bertz CT molecular complexity index is 1580. The second-order valence-electron chi connectivity index (χ2n) is 9.55. The van der Waals surface area contributed by atoms with Gasteiger partial charge in [-0.2, -0.15) is 0 Å². The summed E-state index contributed by atoms with van der Waals surface area (Å²) in [4.78, 5) is 23.1. The predicted octanol–water partition coefficient (Wildman–Crippen LogP) is 6.30. The van der Waals surface area contributed by atoms with Crippen molar-refractivity contribution < 1.29 is 4.42 Å². The highest BCUT2D eigenvalue weighted by Crippen LogP contribution is 2.34. The van der Waals surface area contributed by atoms with Gasteiger partial charge in [-0.25, -0.2) is 4.98 Å². The van der Waals surface area contributed by atoms with Gasteiger partial charge in [0.2, 0.25) is 5.89 Å². The van der Waals surface area contributed by atoms with Gasteiger partial charge in [-0.3, -0.25) is 9.69 Å². The molecule has 0 N–H and O–H groups in total. The minimum atomic E-state index is -0.114. The number of hydrogen-bond donors (Lipinski definition) is 0. The van der Waals surface area contributed by atoms with Crippen LogP contribution >= 0.6 is 23.2 Å². The minimum absolute atomic E-state index is 0.114. The summed E-state index contributed by atoms with van der Waals surface area (Å²) in [7, 11) is 2.17. The average Bonchev–Trinajstić information content (AvgIpc) is 3.59. The third kappa shape index (κ3) is 4.39. The van der Waals surface area contributed by atoms with Crippen LogP contribution in [0.4, 0.5) is 0 Å². The second kappa shape index (κ2) is 9.86. The third-order valence-electron chi connectivity index (χ3n) is 7.21. The fraction of sp³-hybridized carbons (Fsp3) is 0.241. The highest BCUT2D eigenvalue weighted by molar-refractivity contribution is 6.42. The van der Waals surface area contributed by atoms with Gasteiger partial charge < -0.3 is 13.9 Å². The van der Waals surface area contributed by atoms with Crippen molar-refractivity contribution in [2.24, 2.45) is 0 Å².